The lowest BCUT2D eigenvalue weighted by molar-refractivity contribution is 0.485. The molecule has 0 aliphatic carbocycles. The van der Waals surface area contributed by atoms with Crippen LogP contribution in [-0.2, 0) is 9.13 Å². The van der Waals surface area contributed by atoms with E-state index < -0.39 is 14.3 Å². The maximum absolute atomic E-state index is 15.8. The predicted octanol–water partition coefficient (Wildman–Crippen LogP) is 11.7. The van der Waals surface area contributed by atoms with E-state index in [-0.39, 0.29) is 0 Å². The van der Waals surface area contributed by atoms with Crippen molar-refractivity contribution < 1.29 is 27.4 Å². The highest BCUT2D eigenvalue weighted by atomic mass is 31.2. The third kappa shape index (κ3) is 5.30. The van der Waals surface area contributed by atoms with E-state index in [0.717, 1.165) is 44.1 Å². The van der Waals surface area contributed by atoms with Gasteiger partial charge in [0.25, 0.3) is 0 Å². The van der Waals surface area contributed by atoms with E-state index in [1.165, 1.54) is 0 Å². The van der Waals surface area contributed by atoms with Gasteiger partial charge in [-0.15, -0.1) is 0 Å². The molecule has 8 nitrogen and oxygen atoms in total. The zero-order valence-corrected chi connectivity index (χ0v) is 35.7. The van der Waals surface area contributed by atoms with Crippen LogP contribution in [0, 0.1) is 0 Å². The maximum atomic E-state index is 15.8. The topological polar surface area (TPSA) is 88.7 Å². The summed E-state index contributed by atoms with van der Waals surface area (Å²) >= 11 is 0. The highest BCUT2D eigenvalue weighted by Crippen LogP contribution is 2.53. The Morgan fingerprint density at radius 2 is 0.688 bits per heavy atom. The molecule has 9 aromatic carbocycles. The van der Waals surface area contributed by atoms with Gasteiger partial charge < -0.3 is 36.6 Å². The van der Waals surface area contributed by atoms with Crippen LogP contribution in [0.1, 0.15) is 0 Å². The summed E-state index contributed by atoms with van der Waals surface area (Å²) in [4.78, 5) is 0. The lowest BCUT2D eigenvalue weighted by atomic mass is 10.2. The van der Waals surface area contributed by atoms with Crippen LogP contribution in [0.2, 0.25) is 0 Å². The molecule has 2 atom stereocenters. The van der Waals surface area contributed by atoms with Gasteiger partial charge in [-0.25, -0.2) is 0 Å². The lowest BCUT2D eigenvalue weighted by Crippen LogP contribution is -2.31. The average molecular weight is 869 g/mol. The van der Waals surface area contributed by atoms with Gasteiger partial charge in [0, 0.05) is 34.1 Å². The largest absolute Gasteiger partial charge is 0.456 e. The minimum absolute atomic E-state index is 0.549. The van der Waals surface area contributed by atoms with Crippen LogP contribution in [0.3, 0.4) is 0 Å². The molecular formula is C54H34N2O6P2. The van der Waals surface area contributed by atoms with Crippen LogP contribution in [0.4, 0.5) is 0 Å². The van der Waals surface area contributed by atoms with Gasteiger partial charge in [-0.05, 0) is 84.9 Å². The molecule has 13 rings (SSSR count). The second-order valence-corrected chi connectivity index (χ2v) is 21.3. The summed E-state index contributed by atoms with van der Waals surface area (Å²) in [7, 11) is -6.78. The van der Waals surface area contributed by atoms with Crippen LogP contribution in [-0.4, -0.2) is 9.13 Å². The van der Waals surface area contributed by atoms with Crippen LogP contribution in [0.5, 0.6) is 23.0 Å². The third-order valence-electron chi connectivity index (χ3n) is 12.3. The Morgan fingerprint density at radius 1 is 0.312 bits per heavy atom. The second-order valence-electron chi connectivity index (χ2n) is 15.9. The maximum Gasteiger partial charge on any atom is 0.178 e. The number of para-hydroxylation sites is 6. The zero-order valence-electron chi connectivity index (χ0n) is 33.9. The molecule has 0 amide bonds. The first-order valence-corrected chi connectivity index (χ1v) is 24.4. The van der Waals surface area contributed by atoms with Gasteiger partial charge >= 0.3 is 0 Å². The van der Waals surface area contributed by atoms with Gasteiger partial charge in [0.15, 0.2) is 36.6 Å². The summed E-state index contributed by atoms with van der Waals surface area (Å²) < 4.78 is 62.3. The van der Waals surface area contributed by atoms with E-state index in [2.05, 4.69) is 9.13 Å². The molecule has 2 unspecified atom stereocenters. The molecule has 0 saturated carbocycles. The molecule has 0 radical (unpaired) electrons. The molecule has 4 heterocycles. The normalized spacial score (nSPS) is 17.2. The predicted molar refractivity (Wildman–Crippen MR) is 256 cm³/mol. The number of hydrogen-bond acceptors (Lipinski definition) is 6. The minimum Gasteiger partial charge on any atom is -0.456 e. The molecule has 2 aliphatic heterocycles. The molecule has 0 spiro atoms. The van der Waals surface area contributed by atoms with Gasteiger partial charge in [-0.3, -0.25) is 0 Å². The molecule has 10 heteroatoms. The van der Waals surface area contributed by atoms with Gasteiger partial charge in [0.2, 0.25) is 0 Å². The van der Waals surface area contributed by atoms with Gasteiger partial charge in [0.1, 0.15) is 23.0 Å². The first-order valence-electron chi connectivity index (χ1n) is 20.9. The van der Waals surface area contributed by atoms with Crippen LogP contribution >= 0.6 is 14.3 Å². The van der Waals surface area contributed by atoms with E-state index in [1.54, 1.807) is 0 Å². The van der Waals surface area contributed by atoms with Crippen molar-refractivity contribution in [2.24, 2.45) is 0 Å². The molecule has 0 saturated heterocycles. The van der Waals surface area contributed by atoms with Gasteiger partial charge in [-0.1, -0.05) is 109 Å². The summed E-state index contributed by atoms with van der Waals surface area (Å²) in [5.41, 5.74) is 7.09. The van der Waals surface area contributed by atoms with E-state index in [0.29, 0.717) is 66.5 Å². The molecule has 0 fully saturated rings. The molecule has 64 heavy (non-hydrogen) atoms. The Labute approximate surface area is 366 Å². The molecule has 0 bridgehead atoms. The summed E-state index contributed by atoms with van der Waals surface area (Å²) in [5, 5.41) is 4.00. The van der Waals surface area contributed by atoms with E-state index in [1.807, 2.05) is 206 Å². The first-order chi connectivity index (χ1) is 31.5. The second kappa shape index (κ2) is 13.9. The van der Waals surface area contributed by atoms with Crippen molar-refractivity contribution in [1.29, 1.82) is 0 Å². The molecule has 11 aromatic rings. The number of fused-ring (bicyclic) bond motifs is 8. The number of hydrogen-bond donors (Lipinski definition) is 0. The van der Waals surface area contributed by atoms with Gasteiger partial charge in [-0.2, -0.15) is 0 Å². The number of aromatic nitrogens is 2. The summed E-state index contributed by atoms with van der Waals surface area (Å²) in [6, 6.07) is 66.0. The molecule has 2 aliphatic rings. The van der Waals surface area contributed by atoms with Crippen molar-refractivity contribution in [3.8, 4) is 34.4 Å². The van der Waals surface area contributed by atoms with E-state index in [4.69, 9.17) is 18.3 Å². The van der Waals surface area contributed by atoms with E-state index >= 15 is 9.13 Å². The SMILES string of the molecule is O=P1(c2ccccc2)c2ccccc2Oc2ccc(-n3c4ccccc4oc4cc5c(cc43)oc3ccccc3n5-c3ccc4c(c3)P(=O)(c3ccccc3)c3ccccc3O4)cc21. The van der Waals surface area contributed by atoms with Gasteiger partial charge in [0.05, 0.1) is 43.3 Å². The Morgan fingerprint density at radius 3 is 1.14 bits per heavy atom. The summed E-state index contributed by atoms with van der Waals surface area (Å²) in [6.45, 7) is 0. The van der Waals surface area contributed by atoms with Crippen molar-refractivity contribution in [1.82, 2.24) is 9.13 Å². The fourth-order valence-electron chi connectivity index (χ4n) is 9.45. The summed E-state index contributed by atoms with van der Waals surface area (Å²) in [5.74, 6) is 2.27. The fourth-order valence-corrected chi connectivity index (χ4v) is 15.2. The summed E-state index contributed by atoms with van der Waals surface area (Å²) in [6.07, 6.45) is 0. The number of benzene rings is 9. The standard InChI is InChI=1S/C54H34N2O6P2/c57-63(37-15-3-1-4-16-37)51-25-13-11-23-45(51)61-47-29-27-35(31-53(47)63)55-39-19-7-9-21-43(39)59-49-34-42-50(33-41(49)55)60-44-22-10-8-20-40(44)56(42)36-28-30-48-54(32-36)64(58,38-17-5-2-6-18-38)52-26-14-12-24-46(52)62-48/h1-34H. The van der Waals surface area contributed by atoms with Crippen molar-refractivity contribution in [3.63, 3.8) is 0 Å². The lowest BCUT2D eigenvalue weighted by Gasteiger charge is -2.30. The smallest absolute Gasteiger partial charge is 0.178 e. The minimum atomic E-state index is -3.39. The molecule has 306 valence electrons. The first kappa shape index (κ1) is 36.9. The van der Waals surface area contributed by atoms with Crippen molar-refractivity contribution in [3.05, 3.63) is 206 Å². The highest BCUT2D eigenvalue weighted by molar-refractivity contribution is 7.86. The Bertz CT molecular complexity index is 3630. The molecule has 2 aromatic heterocycles. The monoisotopic (exact) mass is 868 g/mol. The highest BCUT2D eigenvalue weighted by Gasteiger charge is 2.41. The quantitative estimate of drug-likeness (QED) is 0.129. The van der Waals surface area contributed by atoms with Crippen LogP contribution < -0.4 is 41.3 Å². The van der Waals surface area contributed by atoms with E-state index in [9.17, 15) is 0 Å². The number of rotatable bonds is 4. The fraction of sp³-hybridized carbons (Fsp3) is 0. The number of ether oxygens (including phenoxy) is 2. The Kier molecular flexibility index (Phi) is 7.99. The van der Waals surface area contributed by atoms with Crippen molar-refractivity contribution in [2.75, 3.05) is 0 Å². The Hall–Kier alpha value is -7.76. The molecular weight excluding hydrogens is 835 g/mol. The third-order valence-corrected chi connectivity index (χ3v) is 18.5. The zero-order chi connectivity index (χ0) is 42.6. The average Bonchev–Trinajstić information content (AvgIpc) is 3.35. The molecule has 0 N–H and O–H groups in total. The number of nitrogens with zero attached hydrogens (tertiary/aromatic N) is 2. The van der Waals surface area contributed by atoms with Crippen molar-refractivity contribution >= 4 is 90.5 Å². The van der Waals surface area contributed by atoms with Crippen molar-refractivity contribution in [2.45, 2.75) is 0 Å². The Balaban J connectivity index is 1.06. The van der Waals surface area contributed by atoms with Crippen LogP contribution in [0.25, 0.3) is 55.8 Å². The van der Waals surface area contributed by atoms with Crippen LogP contribution in [0.15, 0.2) is 215 Å².